The number of aromatic nitrogens is 3. The SMILES string of the molecule is C/C(NC(=O)/N=C1\SCC(=O)N1c1c(C)cccc1C)=C(/C)c1ccc(-c2ncn(-c3ccc(OC(F)(F)F)cc3)n2)cc1. The molecule has 0 atom stereocenters. The molecule has 3 aromatic carbocycles. The van der Waals surface area contributed by atoms with E-state index in [2.05, 4.69) is 25.1 Å². The molecule has 2 heterocycles. The molecule has 5 rings (SSSR count). The van der Waals surface area contributed by atoms with Gasteiger partial charge in [0.1, 0.15) is 12.1 Å². The lowest BCUT2D eigenvalue weighted by Gasteiger charge is -2.20. The van der Waals surface area contributed by atoms with Gasteiger partial charge in [0, 0.05) is 11.3 Å². The quantitative estimate of drug-likeness (QED) is 0.248. The Morgan fingerprint density at radius 1 is 1.00 bits per heavy atom. The highest BCUT2D eigenvalue weighted by Crippen LogP contribution is 2.32. The van der Waals surface area contributed by atoms with Crippen LogP contribution in [0.2, 0.25) is 0 Å². The van der Waals surface area contributed by atoms with E-state index in [1.807, 2.05) is 63.2 Å². The lowest BCUT2D eigenvalue weighted by molar-refractivity contribution is -0.274. The predicted molar refractivity (Wildman–Crippen MR) is 164 cm³/mol. The number of carbonyl (C=O) groups excluding carboxylic acids is 2. The Morgan fingerprint density at radius 3 is 2.30 bits per heavy atom. The molecule has 226 valence electrons. The van der Waals surface area contributed by atoms with Gasteiger partial charge in [-0.25, -0.2) is 14.5 Å². The molecule has 1 aliphatic rings. The van der Waals surface area contributed by atoms with Crippen molar-refractivity contribution in [2.24, 2.45) is 4.99 Å². The molecule has 3 amide bonds. The minimum absolute atomic E-state index is 0.129. The van der Waals surface area contributed by atoms with Crippen LogP contribution in [0.3, 0.4) is 0 Å². The average Bonchev–Trinajstić information content (AvgIpc) is 3.60. The smallest absolute Gasteiger partial charge is 0.406 e. The zero-order valence-electron chi connectivity index (χ0n) is 24.1. The Bertz CT molecular complexity index is 1760. The minimum atomic E-state index is -4.76. The number of ether oxygens (including phenoxy) is 1. The second-order valence-electron chi connectivity index (χ2n) is 9.96. The number of aliphatic imine (C=N–C) groups is 1. The summed E-state index contributed by atoms with van der Waals surface area (Å²) in [6, 6.07) is 17.9. The van der Waals surface area contributed by atoms with Crippen LogP contribution in [0.25, 0.3) is 22.6 Å². The van der Waals surface area contributed by atoms with E-state index in [0.717, 1.165) is 33.5 Å². The topological polar surface area (TPSA) is 102 Å². The number of halogens is 3. The summed E-state index contributed by atoms with van der Waals surface area (Å²) >= 11 is 1.22. The van der Waals surface area contributed by atoms with Crippen LogP contribution >= 0.6 is 11.8 Å². The zero-order chi connectivity index (χ0) is 31.6. The highest BCUT2D eigenvalue weighted by atomic mass is 32.2. The van der Waals surface area contributed by atoms with E-state index >= 15 is 0 Å². The molecule has 1 aliphatic heterocycles. The highest BCUT2D eigenvalue weighted by molar-refractivity contribution is 8.15. The van der Waals surface area contributed by atoms with Gasteiger partial charge in [-0.15, -0.1) is 18.3 Å². The molecule has 9 nitrogen and oxygen atoms in total. The Hall–Kier alpha value is -4.91. The number of urea groups is 1. The Balaban J connectivity index is 1.27. The summed E-state index contributed by atoms with van der Waals surface area (Å²) in [5.41, 5.74) is 6.07. The van der Waals surface area contributed by atoms with Crippen LogP contribution in [-0.2, 0) is 4.79 Å². The molecule has 0 spiro atoms. The number of aryl methyl sites for hydroxylation is 2. The number of hydrogen-bond acceptors (Lipinski definition) is 6. The number of allylic oxidation sites excluding steroid dienone is 2. The van der Waals surface area contributed by atoms with E-state index in [1.165, 1.54) is 51.9 Å². The van der Waals surface area contributed by atoms with Crippen LogP contribution in [0.5, 0.6) is 5.75 Å². The van der Waals surface area contributed by atoms with Gasteiger partial charge in [0.15, 0.2) is 11.0 Å². The number of hydrogen-bond donors (Lipinski definition) is 1. The number of amides is 3. The molecule has 4 aromatic rings. The molecule has 0 radical (unpaired) electrons. The second-order valence-corrected chi connectivity index (χ2v) is 10.9. The third-order valence-corrected chi connectivity index (χ3v) is 7.81. The number of amidine groups is 1. The standard InChI is InChI=1S/C31H27F3N6O3S/c1-18-6-5-7-19(2)27(18)40-26(41)16-44-30(40)37-29(42)36-21(4)20(3)22-8-10-23(11-9-22)28-35-17-39(38-28)24-12-14-25(15-13-24)43-31(32,33)34/h5-15,17H,16H2,1-4H3,(H,36,42)/b21-20+,37-30-. The van der Waals surface area contributed by atoms with E-state index in [4.69, 9.17) is 0 Å². The number of benzene rings is 3. The molecule has 0 aliphatic carbocycles. The van der Waals surface area contributed by atoms with Gasteiger partial charge in [0.25, 0.3) is 0 Å². The lowest BCUT2D eigenvalue weighted by atomic mass is 10.0. The van der Waals surface area contributed by atoms with Gasteiger partial charge < -0.3 is 10.1 Å². The summed E-state index contributed by atoms with van der Waals surface area (Å²) in [6.45, 7) is 7.47. The van der Waals surface area contributed by atoms with Gasteiger partial charge in [-0.05, 0) is 74.2 Å². The normalized spacial score (nSPS) is 15.0. The van der Waals surface area contributed by atoms with Gasteiger partial charge >= 0.3 is 12.4 Å². The number of thioether (sulfide) groups is 1. The predicted octanol–water partition coefficient (Wildman–Crippen LogP) is 7.05. The Labute approximate surface area is 255 Å². The molecular formula is C31H27F3N6O3S. The fraction of sp³-hybridized carbons (Fsp3) is 0.194. The molecule has 1 N–H and O–H groups in total. The van der Waals surface area contributed by atoms with Crippen molar-refractivity contribution in [2.75, 3.05) is 10.7 Å². The molecule has 0 saturated carbocycles. The van der Waals surface area contributed by atoms with E-state index in [1.54, 1.807) is 6.92 Å². The molecule has 44 heavy (non-hydrogen) atoms. The number of para-hydroxylation sites is 1. The van der Waals surface area contributed by atoms with Gasteiger partial charge in [0.2, 0.25) is 5.91 Å². The minimum Gasteiger partial charge on any atom is -0.406 e. The molecule has 0 unspecified atom stereocenters. The molecule has 1 saturated heterocycles. The molecule has 13 heteroatoms. The maximum atomic E-state index is 12.9. The zero-order valence-corrected chi connectivity index (χ0v) is 25.0. The lowest BCUT2D eigenvalue weighted by Crippen LogP contribution is -2.32. The van der Waals surface area contributed by atoms with E-state index in [0.29, 0.717) is 22.4 Å². The first kappa shape index (κ1) is 30.5. The van der Waals surface area contributed by atoms with Crippen LogP contribution in [0.1, 0.15) is 30.5 Å². The number of carbonyl (C=O) groups is 2. The first-order valence-electron chi connectivity index (χ1n) is 13.4. The molecule has 1 fully saturated rings. The van der Waals surface area contributed by atoms with Crippen molar-refractivity contribution in [3.63, 3.8) is 0 Å². The summed E-state index contributed by atoms with van der Waals surface area (Å²) in [7, 11) is 0. The van der Waals surface area contributed by atoms with Gasteiger partial charge in [0.05, 0.1) is 17.1 Å². The Kier molecular flexibility index (Phi) is 8.59. The number of anilines is 1. The number of alkyl halides is 3. The average molecular weight is 621 g/mol. The van der Waals surface area contributed by atoms with Crippen molar-refractivity contribution in [3.8, 4) is 22.8 Å². The maximum Gasteiger partial charge on any atom is 0.573 e. The van der Waals surface area contributed by atoms with E-state index in [9.17, 15) is 22.8 Å². The summed E-state index contributed by atoms with van der Waals surface area (Å²) in [5, 5.41) is 7.56. The fourth-order valence-corrected chi connectivity index (χ4v) is 5.45. The Morgan fingerprint density at radius 2 is 1.66 bits per heavy atom. The first-order chi connectivity index (χ1) is 20.9. The third-order valence-electron chi connectivity index (χ3n) is 6.89. The van der Waals surface area contributed by atoms with Crippen molar-refractivity contribution >= 4 is 40.1 Å². The first-order valence-corrected chi connectivity index (χ1v) is 14.4. The summed E-state index contributed by atoms with van der Waals surface area (Å²) < 4.78 is 42.6. The fourth-order valence-electron chi connectivity index (χ4n) is 4.60. The monoisotopic (exact) mass is 620 g/mol. The van der Waals surface area contributed by atoms with Gasteiger partial charge in [-0.2, -0.15) is 4.99 Å². The van der Waals surface area contributed by atoms with Crippen molar-refractivity contribution < 1.29 is 27.5 Å². The maximum absolute atomic E-state index is 12.9. The summed E-state index contributed by atoms with van der Waals surface area (Å²) in [4.78, 5) is 35.6. The second kappa shape index (κ2) is 12.4. The third kappa shape index (κ3) is 6.83. The van der Waals surface area contributed by atoms with E-state index < -0.39 is 12.4 Å². The van der Waals surface area contributed by atoms with Gasteiger partial charge in [-0.3, -0.25) is 9.69 Å². The number of nitrogens with zero attached hydrogens (tertiary/aromatic N) is 5. The molecule has 0 bridgehead atoms. The van der Waals surface area contributed by atoms with Crippen LogP contribution in [0.4, 0.5) is 23.7 Å². The van der Waals surface area contributed by atoms with Crippen molar-refractivity contribution in [1.29, 1.82) is 0 Å². The molecular weight excluding hydrogens is 593 g/mol. The summed E-state index contributed by atoms with van der Waals surface area (Å²) in [5.74, 6) is 0.171. The largest absolute Gasteiger partial charge is 0.573 e. The van der Waals surface area contributed by atoms with Crippen LogP contribution in [0.15, 0.2) is 83.7 Å². The van der Waals surface area contributed by atoms with Gasteiger partial charge in [-0.1, -0.05) is 54.2 Å². The van der Waals surface area contributed by atoms with Crippen molar-refractivity contribution in [1.82, 2.24) is 20.1 Å². The number of nitrogens with one attached hydrogen (secondary N) is 1. The highest BCUT2D eigenvalue weighted by Gasteiger charge is 2.32. The number of rotatable bonds is 6. The summed E-state index contributed by atoms with van der Waals surface area (Å²) in [6.07, 6.45) is -3.30. The van der Waals surface area contributed by atoms with E-state index in [-0.39, 0.29) is 17.4 Å². The molecule has 1 aromatic heterocycles. The van der Waals surface area contributed by atoms with Crippen LogP contribution in [-0.4, -0.2) is 44.0 Å². The van der Waals surface area contributed by atoms with Crippen molar-refractivity contribution in [2.45, 2.75) is 34.1 Å². The van der Waals surface area contributed by atoms with Crippen molar-refractivity contribution in [3.05, 3.63) is 95.4 Å². The van der Waals surface area contributed by atoms with Crippen LogP contribution < -0.4 is 15.0 Å². The van der Waals surface area contributed by atoms with Crippen LogP contribution in [0, 0.1) is 13.8 Å².